The number of carboxylic acid groups (broad SMARTS) is 1. The third-order valence-electron chi connectivity index (χ3n) is 2.18. The first-order valence-electron chi connectivity index (χ1n) is 5.09. The fourth-order valence-corrected chi connectivity index (χ4v) is 1.33. The summed E-state index contributed by atoms with van der Waals surface area (Å²) in [5.41, 5.74) is 6.98. The molecule has 0 saturated carbocycles. The van der Waals surface area contributed by atoms with Gasteiger partial charge in [0.2, 0.25) is 0 Å². The standard InChI is InChI=1S/C12H16N2O2/c1-14-7-3-2-4-9-5-6-10(12(15)16)11(13)8-9/h2,4-6,8,14H,3,7,13H2,1H3,(H,15,16). The number of nitrogen functional groups attached to an aromatic ring is 1. The van der Waals surface area contributed by atoms with Gasteiger partial charge in [-0.15, -0.1) is 0 Å². The summed E-state index contributed by atoms with van der Waals surface area (Å²) < 4.78 is 0. The van der Waals surface area contributed by atoms with Crippen molar-refractivity contribution in [1.29, 1.82) is 0 Å². The van der Waals surface area contributed by atoms with Crippen molar-refractivity contribution in [2.45, 2.75) is 6.42 Å². The van der Waals surface area contributed by atoms with Gasteiger partial charge >= 0.3 is 5.97 Å². The maximum Gasteiger partial charge on any atom is 0.337 e. The highest BCUT2D eigenvalue weighted by Crippen LogP contribution is 2.15. The molecule has 16 heavy (non-hydrogen) atoms. The quantitative estimate of drug-likeness (QED) is 0.520. The molecule has 4 nitrogen and oxygen atoms in total. The number of benzene rings is 1. The molecule has 0 spiro atoms. The first-order valence-corrected chi connectivity index (χ1v) is 5.09. The minimum atomic E-state index is -0.997. The average Bonchev–Trinajstić information content (AvgIpc) is 2.24. The smallest absolute Gasteiger partial charge is 0.337 e. The molecule has 86 valence electrons. The van der Waals surface area contributed by atoms with E-state index in [1.54, 1.807) is 12.1 Å². The Morgan fingerprint density at radius 3 is 2.88 bits per heavy atom. The van der Waals surface area contributed by atoms with Crippen LogP contribution in [0.2, 0.25) is 0 Å². The second-order valence-electron chi connectivity index (χ2n) is 3.45. The van der Waals surface area contributed by atoms with Crippen molar-refractivity contribution in [2.24, 2.45) is 0 Å². The number of aromatic carboxylic acids is 1. The van der Waals surface area contributed by atoms with E-state index in [4.69, 9.17) is 10.8 Å². The minimum absolute atomic E-state index is 0.146. The van der Waals surface area contributed by atoms with Crippen LogP contribution in [0, 0.1) is 0 Å². The first kappa shape index (κ1) is 12.3. The van der Waals surface area contributed by atoms with Crippen LogP contribution >= 0.6 is 0 Å². The number of hydrogen-bond donors (Lipinski definition) is 3. The molecular formula is C12H16N2O2. The maximum absolute atomic E-state index is 10.7. The van der Waals surface area contributed by atoms with Crippen molar-refractivity contribution in [3.05, 3.63) is 35.4 Å². The van der Waals surface area contributed by atoms with Gasteiger partial charge in [0.25, 0.3) is 0 Å². The number of rotatable bonds is 5. The van der Waals surface area contributed by atoms with E-state index in [9.17, 15) is 4.79 Å². The molecule has 0 saturated heterocycles. The Balaban J connectivity index is 2.73. The zero-order valence-electron chi connectivity index (χ0n) is 9.23. The molecule has 0 unspecified atom stereocenters. The Bertz CT molecular complexity index is 400. The second-order valence-corrected chi connectivity index (χ2v) is 3.45. The zero-order chi connectivity index (χ0) is 12.0. The molecule has 1 rings (SSSR count). The third-order valence-corrected chi connectivity index (χ3v) is 2.18. The number of carbonyl (C=O) groups is 1. The van der Waals surface area contributed by atoms with E-state index < -0.39 is 5.97 Å². The van der Waals surface area contributed by atoms with Gasteiger partial charge in [-0.2, -0.15) is 0 Å². The number of nitrogens with two attached hydrogens (primary N) is 1. The van der Waals surface area contributed by atoms with Gasteiger partial charge in [0.05, 0.1) is 5.56 Å². The molecule has 0 amide bonds. The summed E-state index contributed by atoms with van der Waals surface area (Å²) in [4.78, 5) is 10.7. The van der Waals surface area contributed by atoms with E-state index in [0.717, 1.165) is 18.5 Å². The number of nitrogens with one attached hydrogen (secondary N) is 1. The summed E-state index contributed by atoms with van der Waals surface area (Å²) in [5, 5.41) is 11.8. The van der Waals surface area contributed by atoms with E-state index >= 15 is 0 Å². The summed E-state index contributed by atoms with van der Waals surface area (Å²) in [6, 6.07) is 4.93. The fourth-order valence-electron chi connectivity index (χ4n) is 1.33. The number of anilines is 1. The highest BCUT2D eigenvalue weighted by atomic mass is 16.4. The predicted octanol–water partition coefficient (Wildman–Crippen LogP) is 1.59. The first-order chi connectivity index (χ1) is 7.65. The molecule has 0 fully saturated rings. The topological polar surface area (TPSA) is 75.3 Å². The molecule has 4 N–H and O–H groups in total. The van der Waals surface area contributed by atoms with E-state index in [0.29, 0.717) is 5.69 Å². The van der Waals surface area contributed by atoms with Crippen LogP contribution in [-0.2, 0) is 0 Å². The van der Waals surface area contributed by atoms with Crippen LogP contribution in [0.15, 0.2) is 24.3 Å². The monoisotopic (exact) mass is 220 g/mol. The molecule has 0 heterocycles. The predicted molar refractivity (Wildman–Crippen MR) is 65.4 cm³/mol. The van der Waals surface area contributed by atoms with Crippen molar-refractivity contribution in [3.8, 4) is 0 Å². The summed E-state index contributed by atoms with van der Waals surface area (Å²) in [5.74, 6) is -0.997. The summed E-state index contributed by atoms with van der Waals surface area (Å²) in [7, 11) is 1.90. The zero-order valence-corrected chi connectivity index (χ0v) is 9.23. The van der Waals surface area contributed by atoms with Gasteiger partial charge in [0.1, 0.15) is 0 Å². The van der Waals surface area contributed by atoms with Gasteiger partial charge < -0.3 is 16.2 Å². The summed E-state index contributed by atoms with van der Waals surface area (Å²) in [6.45, 7) is 0.916. The molecule has 4 heteroatoms. The molecule has 0 aliphatic rings. The molecule has 0 bridgehead atoms. The van der Waals surface area contributed by atoms with Crippen LogP contribution in [-0.4, -0.2) is 24.7 Å². The minimum Gasteiger partial charge on any atom is -0.478 e. The lowest BCUT2D eigenvalue weighted by Crippen LogP contribution is -2.05. The molecule has 1 aromatic carbocycles. The van der Waals surface area contributed by atoms with Crippen molar-refractivity contribution in [2.75, 3.05) is 19.3 Å². The van der Waals surface area contributed by atoms with E-state index in [1.807, 2.05) is 19.2 Å². The van der Waals surface area contributed by atoms with E-state index in [1.165, 1.54) is 6.07 Å². The van der Waals surface area contributed by atoms with Crippen LogP contribution in [0.4, 0.5) is 5.69 Å². The van der Waals surface area contributed by atoms with E-state index in [-0.39, 0.29) is 5.56 Å². The Kier molecular flexibility index (Phi) is 4.54. The molecular weight excluding hydrogens is 204 g/mol. The van der Waals surface area contributed by atoms with Crippen molar-refractivity contribution >= 4 is 17.7 Å². The largest absolute Gasteiger partial charge is 0.478 e. The number of carboxylic acids is 1. The van der Waals surface area contributed by atoms with Gasteiger partial charge in [-0.1, -0.05) is 18.2 Å². The molecule has 0 radical (unpaired) electrons. The summed E-state index contributed by atoms with van der Waals surface area (Å²) >= 11 is 0. The normalized spacial score (nSPS) is 10.8. The van der Waals surface area contributed by atoms with Crippen molar-refractivity contribution in [3.63, 3.8) is 0 Å². The van der Waals surface area contributed by atoms with Gasteiger partial charge in [0.15, 0.2) is 0 Å². The summed E-state index contributed by atoms with van der Waals surface area (Å²) in [6.07, 6.45) is 4.88. The highest BCUT2D eigenvalue weighted by molar-refractivity contribution is 5.94. The highest BCUT2D eigenvalue weighted by Gasteiger charge is 2.06. The second kappa shape index (κ2) is 5.92. The lowest BCUT2D eigenvalue weighted by Gasteiger charge is -2.01. The van der Waals surface area contributed by atoms with Gasteiger partial charge in [0, 0.05) is 5.69 Å². The van der Waals surface area contributed by atoms with Gasteiger partial charge in [-0.05, 0) is 37.7 Å². The van der Waals surface area contributed by atoms with Crippen LogP contribution in [0.1, 0.15) is 22.3 Å². The van der Waals surface area contributed by atoms with Crippen LogP contribution in [0.3, 0.4) is 0 Å². The molecule has 1 aromatic rings. The molecule has 0 aromatic heterocycles. The maximum atomic E-state index is 10.7. The van der Waals surface area contributed by atoms with E-state index in [2.05, 4.69) is 5.32 Å². The lowest BCUT2D eigenvalue weighted by molar-refractivity contribution is 0.0698. The van der Waals surface area contributed by atoms with Gasteiger partial charge in [-0.3, -0.25) is 0 Å². The van der Waals surface area contributed by atoms with Crippen molar-refractivity contribution in [1.82, 2.24) is 5.32 Å². The fraction of sp³-hybridized carbons (Fsp3) is 0.250. The average molecular weight is 220 g/mol. The third kappa shape index (κ3) is 3.40. The Morgan fingerprint density at radius 1 is 1.56 bits per heavy atom. The lowest BCUT2D eigenvalue weighted by atomic mass is 10.1. The van der Waals surface area contributed by atoms with Gasteiger partial charge in [-0.25, -0.2) is 4.79 Å². The van der Waals surface area contributed by atoms with Crippen LogP contribution in [0.5, 0.6) is 0 Å². The van der Waals surface area contributed by atoms with Crippen LogP contribution in [0.25, 0.3) is 6.08 Å². The Morgan fingerprint density at radius 2 is 2.31 bits per heavy atom. The Hall–Kier alpha value is -1.81. The van der Waals surface area contributed by atoms with Crippen LogP contribution < -0.4 is 11.1 Å². The molecule has 0 aliphatic heterocycles. The van der Waals surface area contributed by atoms with Crippen molar-refractivity contribution < 1.29 is 9.90 Å². The Labute approximate surface area is 94.8 Å². The molecule has 0 atom stereocenters. The number of hydrogen-bond acceptors (Lipinski definition) is 3. The SMILES string of the molecule is CNCCC=Cc1ccc(C(=O)O)c(N)c1. The molecule has 0 aliphatic carbocycles.